The minimum atomic E-state index is -2.89. The molecule has 2 rings (SSSR count). The number of amides is 1. The third-order valence-corrected chi connectivity index (χ3v) is 4.19. The molecule has 0 spiro atoms. The van der Waals surface area contributed by atoms with E-state index in [1.807, 2.05) is 0 Å². The Kier molecular flexibility index (Phi) is 5.88. The molecule has 1 N–H and O–H groups in total. The molecular formula is C12H11F2N3O2S2. The van der Waals surface area contributed by atoms with Crippen molar-refractivity contribution in [2.24, 2.45) is 0 Å². The summed E-state index contributed by atoms with van der Waals surface area (Å²) in [6, 6.07) is 6.34. The lowest BCUT2D eigenvalue weighted by atomic mass is 10.2. The summed E-state index contributed by atoms with van der Waals surface area (Å²) >= 11 is 2.61. The summed E-state index contributed by atoms with van der Waals surface area (Å²) in [5.74, 6) is 0.0270. The maximum absolute atomic E-state index is 12.3. The number of para-hydroxylation sites is 1. The molecule has 1 aromatic heterocycles. The van der Waals surface area contributed by atoms with Crippen molar-refractivity contribution < 1.29 is 18.3 Å². The van der Waals surface area contributed by atoms with Crippen LogP contribution >= 0.6 is 23.1 Å². The van der Waals surface area contributed by atoms with Crippen LogP contribution in [-0.2, 0) is 11.3 Å². The summed E-state index contributed by atoms with van der Waals surface area (Å²) in [6.45, 7) is -2.77. The molecule has 112 valence electrons. The number of aromatic nitrogens is 2. The van der Waals surface area contributed by atoms with Gasteiger partial charge in [-0.1, -0.05) is 41.3 Å². The van der Waals surface area contributed by atoms with Crippen LogP contribution in [-0.4, -0.2) is 28.5 Å². The molecule has 0 bridgehead atoms. The number of halogens is 2. The Bertz CT molecular complexity index is 582. The van der Waals surface area contributed by atoms with Crippen molar-refractivity contribution in [2.45, 2.75) is 17.5 Å². The van der Waals surface area contributed by atoms with Gasteiger partial charge in [-0.2, -0.15) is 8.78 Å². The zero-order chi connectivity index (χ0) is 15.1. The molecule has 2 aromatic rings. The molecule has 21 heavy (non-hydrogen) atoms. The normalized spacial score (nSPS) is 10.6. The highest BCUT2D eigenvalue weighted by atomic mass is 32.2. The second-order valence-corrected chi connectivity index (χ2v) is 5.81. The van der Waals surface area contributed by atoms with E-state index in [1.165, 1.54) is 29.2 Å². The number of carbonyl (C=O) groups is 1. The molecule has 1 heterocycles. The third-order valence-electron chi connectivity index (χ3n) is 2.33. The lowest BCUT2D eigenvalue weighted by molar-refractivity contribution is -0.118. The number of alkyl halides is 2. The monoisotopic (exact) mass is 331 g/mol. The van der Waals surface area contributed by atoms with Crippen LogP contribution in [0.4, 0.5) is 8.78 Å². The maximum atomic E-state index is 12.3. The van der Waals surface area contributed by atoms with Crippen molar-refractivity contribution in [2.75, 3.05) is 5.75 Å². The van der Waals surface area contributed by atoms with E-state index in [2.05, 4.69) is 20.3 Å². The predicted octanol–water partition coefficient (Wildman–Crippen LogP) is 2.55. The Morgan fingerprint density at radius 1 is 1.43 bits per heavy atom. The lowest BCUT2D eigenvalue weighted by Gasteiger charge is -2.11. The van der Waals surface area contributed by atoms with E-state index < -0.39 is 6.61 Å². The first kappa shape index (κ1) is 15.6. The quantitative estimate of drug-likeness (QED) is 0.790. The fourth-order valence-corrected chi connectivity index (χ4v) is 2.78. The SMILES string of the molecule is O=C(CSc1nncs1)NCc1ccccc1OC(F)F. The number of nitrogens with one attached hydrogen (secondary N) is 1. The Labute approximate surface area is 127 Å². The molecular weight excluding hydrogens is 320 g/mol. The van der Waals surface area contributed by atoms with Crippen LogP contribution in [0.1, 0.15) is 5.56 Å². The molecule has 0 fully saturated rings. The fraction of sp³-hybridized carbons (Fsp3) is 0.250. The molecule has 9 heteroatoms. The van der Waals surface area contributed by atoms with Crippen molar-refractivity contribution >= 4 is 29.0 Å². The number of hydrogen-bond donors (Lipinski definition) is 1. The molecule has 0 saturated carbocycles. The van der Waals surface area contributed by atoms with Crippen molar-refractivity contribution in [3.05, 3.63) is 35.3 Å². The molecule has 0 aliphatic rings. The fourth-order valence-electron chi connectivity index (χ4n) is 1.46. The van der Waals surface area contributed by atoms with Crippen LogP contribution in [0, 0.1) is 0 Å². The van der Waals surface area contributed by atoms with Gasteiger partial charge in [0.1, 0.15) is 11.3 Å². The first-order valence-corrected chi connectivity index (χ1v) is 7.70. The summed E-state index contributed by atoms with van der Waals surface area (Å²) in [5.41, 5.74) is 2.07. The van der Waals surface area contributed by atoms with Crippen molar-refractivity contribution in [3.8, 4) is 5.75 Å². The number of benzene rings is 1. The predicted molar refractivity (Wildman–Crippen MR) is 75.6 cm³/mol. The van der Waals surface area contributed by atoms with Crippen molar-refractivity contribution in [1.82, 2.24) is 15.5 Å². The van der Waals surface area contributed by atoms with E-state index in [4.69, 9.17) is 0 Å². The summed E-state index contributed by atoms with van der Waals surface area (Å²) in [4.78, 5) is 11.7. The van der Waals surface area contributed by atoms with Gasteiger partial charge in [0, 0.05) is 12.1 Å². The van der Waals surface area contributed by atoms with Gasteiger partial charge in [-0.3, -0.25) is 4.79 Å². The van der Waals surface area contributed by atoms with Gasteiger partial charge in [0.2, 0.25) is 5.91 Å². The van der Waals surface area contributed by atoms with Crippen LogP contribution in [0.15, 0.2) is 34.1 Å². The first-order chi connectivity index (χ1) is 10.1. The second-order valence-electron chi connectivity index (χ2n) is 3.76. The lowest BCUT2D eigenvalue weighted by Crippen LogP contribution is -2.25. The Balaban J connectivity index is 1.83. The van der Waals surface area contributed by atoms with Gasteiger partial charge in [-0.25, -0.2) is 0 Å². The summed E-state index contributed by atoms with van der Waals surface area (Å²) < 4.78 is 29.6. The van der Waals surface area contributed by atoms with Crippen molar-refractivity contribution in [3.63, 3.8) is 0 Å². The van der Waals surface area contributed by atoms with E-state index in [-0.39, 0.29) is 24.0 Å². The van der Waals surface area contributed by atoms with E-state index >= 15 is 0 Å². The summed E-state index contributed by atoms with van der Waals surface area (Å²) in [7, 11) is 0. The van der Waals surface area contributed by atoms with Gasteiger partial charge < -0.3 is 10.1 Å². The summed E-state index contributed by atoms with van der Waals surface area (Å²) in [6.07, 6.45) is 0. The second kappa shape index (κ2) is 7.89. The Morgan fingerprint density at radius 3 is 2.95 bits per heavy atom. The molecule has 0 atom stereocenters. The number of hydrogen-bond acceptors (Lipinski definition) is 6. The van der Waals surface area contributed by atoms with Gasteiger partial charge in [0.15, 0.2) is 4.34 Å². The van der Waals surface area contributed by atoms with Gasteiger partial charge >= 0.3 is 6.61 Å². The minimum absolute atomic E-state index is 0.0598. The molecule has 0 aliphatic heterocycles. The number of thioether (sulfide) groups is 1. The van der Waals surface area contributed by atoms with Crippen LogP contribution < -0.4 is 10.1 Å². The van der Waals surface area contributed by atoms with Crippen LogP contribution in [0.3, 0.4) is 0 Å². The standard InChI is InChI=1S/C12H11F2N3O2S2/c13-11(14)19-9-4-2-1-3-8(9)5-15-10(18)6-20-12-17-16-7-21-12/h1-4,7,11H,5-6H2,(H,15,18). The number of rotatable bonds is 7. The van der Waals surface area contributed by atoms with E-state index in [0.717, 1.165) is 0 Å². The highest BCUT2D eigenvalue weighted by molar-refractivity contribution is 8.01. The maximum Gasteiger partial charge on any atom is 0.387 e. The molecule has 1 amide bonds. The first-order valence-electron chi connectivity index (χ1n) is 5.83. The number of nitrogens with zero attached hydrogens (tertiary/aromatic N) is 2. The molecule has 1 aromatic carbocycles. The smallest absolute Gasteiger partial charge is 0.387 e. The Hall–Kier alpha value is -1.74. The van der Waals surface area contributed by atoms with Crippen LogP contribution in [0.25, 0.3) is 0 Å². The van der Waals surface area contributed by atoms with Gasteiger partial charge in [-0.05, 0) is 6.07 Å². The zero-order valence-electron chi connectivity index (χ0n) is 10.7. The minimum Gasteiger partial charge on any atom is -0.434 e. The molecule has 0 saturated heterocycles. The number of carbonyl (C=O) groups excluding carboxylic acids is 1. The van der Waals surface area contributed by atoms with E-state index in [0.29, 0.717) is 9.90 Å². The van der Waals surface area contributed by atoms with Crippen LogP contribution in [0.2, 0.25) is 0 Å². The average molecular weight is 331 g/mol. The summed E-state index contributed by atoms with van der Waals surface area (Å²) in [5, 5.41) is 10.1. The van der Waals surface area contributed by atoms with Gasteiger partial charge in [0.25, 0.3) is 0 Å². The molecule has 0 radical (unpaired) electrons. The van der Waals surface area contributed by atoms with Gasteiger partial charge in [0.05, 0.1) is 5.75 Å². The molecule has 0 aliphatic carbocycles. The molecule has 0 unspecified atom stereocenters. The van der Waals surface area contributed by atoms with E-state index in [9.17, 15) is 13.6 Å². The van der Waals surface area contributed by atoms with Gasteiger partial charge in [-0.15, -0.1) is 10.2 Å². The third kappa shape index (κ3) is 5.27. The molecule has 5 nitrogen and oxygen atoms in total. The van der Waals surface area contributed by atoms with E-state index in [1.54, 1.807) is 23.7 Å². The zero-order valence-corrected chi connectivity index (χ0v) is 12.3. The average Bonchev–Trinajstić information content (AvgIpc) is 2.97. The largest absolute Gasteiger partial charge is 0.434 e. The highest BCUT2D eigenvalue weighted by Gasteiger charge is 2.10. The Morgan fingerprint density at radius 2 is 2.24 bits per heavy atom. The topological polar surface area (TPSA) is 64.1 Å². The van der Waals surface area contributed by atoms with Crippen molar-refractivity contribution in [1.29, 1.82) is 0 Å². The number of ether oxygens (including phenoxy) is 1. The highest BCUT2D eigenvalue weighted by Crippen LogP contribution is 2.21. The van der Waals surface area contributed by atoms with Crippen LogP contribution in [0.5, 0.6) is 5.75 Å².